The Balaban J connectivity index is 2.29. The number of ether oxygens (including phenoxy) is 2. The zero-order chi connectivity index (χ0) is 17.7. The maximum atomic E-state index is 12.1. The highest BCUT2D eigenvalue weighted by Crippen LogP contribution is 2.34. The molecule has 0 atom stereocenters. The number of carbonyl (C=O) groups is 1. The van der Waals surface area contributed by atoms with Crippen molar-refractivity contribution in [1.82, 2.24) is 0 Å². The second kappa shape index (κ2) is 7.67. The van der Waals surface area contributed by atoms with Crippen LogP contribution in [0, 0.1) is 0 Å². The SMILES string of the molecule is CCOc1cc(Cc2ccc(P(C)(C)=O)cc2)cc(C(=O)OC)c1. The van der Waals surface area contributed by atoms with Gasteiger partial charge in [-0.3, -0.25) is 0 Å². The number of methoxy groups -OCH3 is 1. The summed E-state index contributed by atoms with van der Waals surface area (Å²) >= 11 is 0. The first kappa shape index (κ1) is 18.3. The lowest BCUT2D eigenvalue weighted by Gasteiger charge is -2.11. The summed E-state index contributed by atoms with van der Waals surface area (Å²) in [6.07, 6.45) is 0.656. The first-order chi connectivity index (χ1) is 11.3. The van der Waals surface area contributed by atoms with E-state index in [1.54, 1.807) is 19.4 Å². The maximum absolute atomic E-state index is 12.1. The third-order valence-corrected chi connectivity index (χ3v) is 5.21. The molecule has 0 spiro atoms. The second-order valence-corrected chi connectivity index (χ2v) is 9.20. The highest BCUT2D eigenvalue weighted by atomic mass is 31.2. The molecule has 0 aliphatic heterocycles. The number of carbonyl (C=O) groups excluding carboxylic acids is 1. The Hall–Kier alpha value is -2.06. The molecule has 0 aliphatic carbocycles. The first-order valence-electron chi connectivity index (χ1n) is 7.83. The molecule has 0 aliphatic rings. The molecule has 2 aromatic rings. The van der Waals surface area contributed by atoms with E-state index < -0.39 is 7.14 Å². The third-order valence-electron chi connectivity index (χ3n) is 3.66. The van der Waals surface area contributed by atoms with Crippen molar-refractivity contribution in [3.05, 3.63) is 59.2 Å². The standard InChI is InChI=1S/C19H23O4P/c1-5-23-17-12-15(11-16(13-17)19(20)22-2)10-14-6-8-18(9-7-14)24(3,4)21/h6-9,11-13H,5,10H2,1-4H3. The van der Waals surface area contributed by atoms with E-state index in [1.165, 1.54) is 7.11 Å². The number of hydrogen-bond donors (Lipinski definition) is 0. The molecule has 0 bridgehead atoms. The molecule has 24 heavy (non-hydrogen) atoms. The summed E-state index contributed by atoms with van der Waals surface area (Å²) < 4.78 is 22.4. The van der Waals surface area contributed by atoms with Crippen molar-refractivity contribution in [2.75, 3.05) is 27.0 Å². The van der Waals surface area contributed by atoms with Gasteiger partial charge in [0.15, 0.2) is 0 Å². The summed E-state index contributed by atoms with van der Waals surface area (Å²) in [6, 6.07) is 13.2. The minimum Gasteiger partial charge on any atom is -0.494 e. The van der Waals surface area contributed by atoms with E-state index in [4.69, 9.17) is 9.47 Å². The fourth-order valence-electron chi connectivity index (χ4n) is 2.46. The molecule has 0 heterocycles. The highest BCUT2D eigenvalue weighted by Gasteiger charge is 2.12. The molecule has 128 valence electrons. The lowest BCUT2D eigenvalue weighted by atomic mass is 10.0. The van der Waals surface area contributed by atoms with Gasteiger partial charge in [0, 0.05) is 5.30 Å². The van der Waals surface area contributed by atoms with Gasteiger partial charge >= 0.3 is 5.97 Å². The molecule has 0 aromatic heterocycles. The molecule has 2 aromatic carbocycles. The smallest absolute Gasteiger partial charge is 0.337 e. The third kappa shape index (κ3) is 4.72. The first-order valence-corrected chi connectivity index (χ1v) is 10.4. The minimum absolute atomic E-state index is 0.383. The molecule has 5 heteroatoms. The van der Waals surface area contributed by atoms with Crippen LogP contribution < -0.4 is 10.0 Å². The van der Waals surface area contributed by atoms with Gasteiger partial charge in [-0.2, -0.15) is 0 Å². The van der Waals surface area contributed by atoms with Gasteiger partial charge in [0.05, 0.1) is 19.3 Å². The van der Waals surface area contributed by atoms with Gasteiger partial charge in [0.1, 0.15) is 12.9 Å². The summed E-state index contributed by atoms with van der Waals surface area (Å²) in [4.78, 5) is 11.8. The molecule has 2 rings (SSSR count). The van der Waals surface area contributed by atoms with Crippen LogP contribution in [0.5, 0.6) is 5.75 Å². The number of benzene rings is 2. The van der Waals surface area contributed by atoms with E-state index >= 15 is 0 Å². The Bertz CT molecular complexity index is 759. The number of hydrogen-bond acceptors (Lipinski definition) is 4. The largest absolute Gasteiger partial charge is 0.494 e. The summed E-state index contributed by atoms with van der Waals surface area (Å²) in [5.41, 5.74) is 2.52. The molecule has 0 N–H and O–H groups in total. The van der Waals surface area contributed by atoms with E-state index in [1.807, 2.05) is 43.3 Å². The van der Waals surface area contributed by atoms with Gasteiger partial charge in [-0.05, 0) is 56.0 Å². The van der Waals surface area contributed by atoms with Crippen LogP contribution in [0.1, 0.15) is 28.4 Å². The van der Waals surface area contributed by atoms with Crippen LogP contribution in [-0.2, 0) is 15.7 Å². The fourth-order valence-corrected chi connectivity index (χ4v) is 3.32. The maximum Gasteiger partial charge on any atom is 0.337 e. The molecule has 0 radical (unpaired) electrons. The Labute approximate surface area is 143 Å². The Morgan fingerprint density at radius 2 is 1.71 bits per heavy atom. The van der Waals surface area contributed by atoms with Crippen molar-refractivity contribution in [2.24, 2.45) is 0 Å². The Kier molecular flexibility index (Phi) is 5.84. The quantitative estimate of drug-likeness (QED) is 0.591. The zero-order valence-corrected chi connectivity index (χ0v) is 15.4. The summed E-state index contributed by atoms with van der Waals surface area (Å²) in [6.45, 7) is 5.95. The predicted octanol–water partition coefficient (Wildman–Crippen LogP) is 3.71. The number of esters is 1. The van der Waals surface area contributed by atoms with Crippen LogP contribution in [0.25, 0.3) is 0 Å². The molecular weight excluding hydrogens is 323 g/mol. The summed E-state index contributed by atoms with van der Waals surface area (Å²) in [5, 5.41) is 0.865. The van der Waals surface area contributed by atoms with Crippen molar-refractivity contribution < 1.29 is 18.8 Å². The average molecular weight is 346 g/mol. The van der Waals surface area contributed by atoms with Gasteiger partial charge < -0.3 is 14.0 Å². The average Bonchev–Trinajstić information content (AvgIpc) is 2.54. The van der Waals surface area contributed by atoms with Crippen LogP contribution in [0.4, 0.5) is 0 Å². The monoisotopic (exact) mass is 346 g/mol. The van der Waals surface area contributed by atoms with Crippen molar-refractivity contribution in [1.29, 1.82) is 0 Å². The summed E-state index contributed by atoms with van der Waals surface area (Å²) in [5.74, 6) is 0.268. The van der Waals surface area contributed by atoms with Crippen LogP contribution >= 0.6 is 7.14 Å². The molecule has 0 saturated carbocycles. The fraction of sp³-hybridized carbons (Fsp3) is 0.316. The van der Waals surface area contributed by atoms with Crippen molar-refractivity contribution in [3.63, 3.8) is 0 Å². The lowest BCUT2D eigenvalue weighted by Crippen LogP contribution is -2.05. The van der Waals surface area contributed by atoms with Crippen LogP contribution in [-0.4, -0.2) is 33.0 Å². The predicted molar refractivity (Wildman–Crippen MR) is 97.3 cm³/mol. The number of rotatable bonds is 6. The van der Waals surface area contributed by atoms with Crippen LogP contribution in [0.3, 0.4) is 0 Å². The van der Waals surface area contributed by atoms with Crippen LogP contribution in [0.15, 0.2) is 42.5 Å². The second-order valence-electron chi connectivity index (χ2n) is 5.98. The van der Waals surface area contributed by atoms with E-state index in [-0.39, 0.29) is 5.97 Å². The van der Waals surface area contributed by atoms with Gasteiger partial charge in [-0.25, -0.2) is 4.79 Å². The zero-order valence-electron chi connectivity index (χ0n) is 14.5. The van der Waals surface area contributed by atoms with E-state index in [9.17, 15) is 9.36 Å². The Morgan fingerprint density at radius 1 is 1.04 bits per heavy atom. The molecular formula is C19H23O4P. The van der Waals surface area contributed by atoms with Gasteiger partial charge in [0.25, 0.3) is 0 Å². The molecule has 4 nitrogen and oxygen atoms in total. The molecule has 0 fully saturated rings. The van der Waals surface area contributed by atoms with Gasteiger partial charge in [-0.15, -0.1) is 0 Å². The van der Waals surface area contributed by atoms with Gasteiger partial charge in [-0.1, -0.05) is 24.3 Å². The van der Waals surface area contributed by atoms with E-state index in [2.05, 4.69) is 0 Å². The summed E-state index contributed by atoms with van der Waals surface area (Å²) in [7, 11) is -0.881. The Morgan fingerprint density at radius 3 is 2.25 bits per heavy atom. The molecule has 0 amide bonds. The van der Waals surface area contributed by atoms with Crippen LogP contribution in [0.2, 0.25) is 0 Å². The van der Waals surface area contributed by atoms with Gasteiger partial charge in [0.2, 0.25) is 0 Å². The topological polar surface area (TPSA) is 52.6 Å². The molecule has 0 saturated heterocycles. The molecule has 0 unspecified atom stereocenters. The minimum atomic E-state index is -2.24. The van der Waals surface area contributed by atoms with Crippen molar-refractivity contribution in [2.45, 2.75) is 13.3 Å². The normalized spacial score (nSPS) is 11.2. The lowest BCUT2D eigenvalue weighted by molar-refractivity contribution is 0.0600. The van der Waals surface area contributed by atoms with E-state index in [0.717, 1.165) is 16.4 Å². The van der Waals surface area contributed by atoms with Crippen molar-refractivity contribution >= 4 is 18.4 Å². The van der Waals surface area contributed by atoms with E-state index in [0.29, 0.717) is 24.3 Å². The van der Waals surface area contributed by atoms with Crippen molar-refractivity contribution in [3.8, 4) is 5.75 Å². The highest BCUT2D eigenvalue weighted by molar-refractivity contribution is 7.70.